The van der Waals surface area contributed by atoms with E-state index in [0.717, 1.165) is 11.1 Å². The largest absolute Gasteiger partial charge is 0.479 e. The molecule has 0 spiro atoms. The van der Waals surface area contributed by atoms with Gasteiger partial charge in [-0.2, -0.15) is 0 Å². The van der Waals surface area contributed by atoms with Crippen molar-refractivity contribution in [3.05, 3.63) is 89.8 Å². The van der Waals surface area contributed by atoms with Crippen LogP contribution in [0, 0.1) is 5.92 Å². The zero-order valence-electron chi connectivity index (χ0n) is 21.5. The summed E-state index contributed by atoms with van der Waals surface area (Å²) in [6.45, 7) is 10.5. The van der Waals surface area contributed by atoms with Crippen molar-refractivity contribution in [2.75, 3.05) is 6.54 Å². The number of aromatic nitrogens is 3. The summed E-state index contributed by atoms with van der Waals surface area (Å²) in [4.78, 5) is 42.0. The van der Waals surface area contributed by atoms with Gasteiger partial charge >= 0.3 is 5.97 Å². The number of hydrogen-bond acceptors (Lipinski definition) is 5. The van der Waals surface area contributed by atoms with Gasteiger partial charge in [-0.3, -0.25) is 19.7 Å². The van der Waals surface area contributed by atoms with Gasteiger partial charge < -0.3 is 10.0 Å². The minimum absolute atomic E-state index is 0.0273. The number of carbonyl (C=O) groups excluding carboxylic acids is 1. The highest BCUT2D eigenvalue weighted by molar-refractivity contribution is 5.99. The fraction of sp³-hybridized carbons (Fsp3) is 0.414. The molecule has 1 aliphatic rings. The maximum absolute atomic E-state index is 14.1. The van der Waals surface area contributed by atoms with Crippen molar-refractivity contribution >= 4 is 11.9 Å². The lowest BCUT2D eigenvalue weighted by molar-refractivity contribution is -0.150. The van der Waals surface area contributed by atoms with Crippen LogP contribution in [0.3, 0.4) is 0 Å². The van der Waals surface area contributed by atoms with Crippen LogP contribution in [0.1, 0.15) is 80.1 Å². The average molecular weight is 487 g/mol. The van der Waals surface area contributed by atoms with Crippen LogP contribution >= 0.6 is 0 Å². The fourth-order valence-electron chi connectivity index (χ4n) is 5.53. The molecule has 3 aromatic rings. The molecule has 7 heteroatoms. The Morgan fingerprint density at radius 2 is 1.75 bits per heavy atom. The van der Waals surface area contributed by atoms with Gasteiger partial charge in [0.05, 0.1) is 5.69 Å². The number of likely N-dealkylation sites (tertiary alicyclic amines) is 1. The van der Waals surface area contributed by atoms with E-state index in [4.69, 9.17) is 0 Å². The molecule has 3 heterocycles. The molecule has 188 valence electrons. The van der Waals surface area contributed by atoms with Crippen molar-refractivity contribution < 1.29 is 14.7 Å². The van der Waals surface area contributed by atoms with Gasteiger partial charge in [0.15, 0.2) is 0 Å². The van der Waals surface area contributed by atoms with E-state index < -0.39 is 17.4 Å². The van der Waals surface area contributed by atoms with Gasteiger partial charge in [-0.1, -0.05) is 52.8 Å². The lowest BCUT2D eigenvalue weighted by Crippen LogP contribution is -2.56. The van der Waals surface area contributed by atoms with Crippen molar-refractivity contribution in [3.8, 4) is 0 Å². The summed E-state index contributed by atoms with van der Waals surface area (Å²) in [7, 11) is 0. The molecule has 1 aliphatic heterocycles. The summed E-state index contributed by atoms with van der Waals surface area (Å²) in [5.41, 5.74) is 1.49. The first-order valence-electron chi connectivity index (χ1n) is 12.4. The molecule has 4 rings (SSSR count). The number of aliphatic carboxylic acids is 1. The Morgan fingerprint density at radius 3 is 2.28 bits per heavy atom. The van der Waals surface area contributed by atoms with Gasteiger partial charge in [-0.05, 0) is 47.1 Å². The molecule has 1 saturated heterocycles. The Hall–Kier alpha value is -3.61. The smallest absolute Gasteiger partial charge is 0.330 e. The third-order valence-corrected chi connectivity index (χ3v) is 7.12. The van der Waals surface area contributed by atoms with Gasteiger partial charge in [0.1, 0.15) is 5.54 Å². The van der Waals surface area contributed by atoms with Crippen LogP contribution < -0.4 is 0 Å². The normalized spacial score (nSPS) is 22.1. The lowest BCUT2D eigenvalue weighted by atomic mass is 9.71. The number of carboxylic acids is 1. The van der Waals surface area contributed by atoms with Crippen molar-refractivity contribution in [2.45, 2.75) is 63.8 Å². The molecule has 1 fully saturated rings. The van der Waals surface area contributed by atoms with Crippen molar-refractivity contribution in [1.29, 1.82) is 0 Å². The number of hydrogen-bond donors (Lipinski definition) is 1. The Balaban J connectivity index is 1.89. The third kappa shape index (κ3) is 4.62. The molecular weight excluding hydrogens is 452 g/mol. The molecule has 2 aromatic heterocycles. The molecule has 1 amide bonds. The van der Waals surface area contributed by atoms with Crippen LogP contribution in [-0.2, 0) is 10.2 Å². The number of nitrogens with zero attached hydrogens (tertiary/aromatic N) is 4. The first-order valence-corrected chi connectivity index (χ1v) is 12.4. The SMILES string of the molecule is CC(C)C[C@@]1(C(=O)O)C(c2cccnc2)[C@H](c2cnccn2)CN1C(=O)c1ccc(C(C)(C)C)cc1. The number of benzene rings is 1. The van der Waals surface area contributed by atoms with Crippen LogP contribution in [-0.4, -0.2) is 48.9 Å². The van der Waals surface area contributed by atoms with Crippen LogP contribution in [0.4, 0.5) is 0 Å². The molecule has 0 radical (unpaired) electrons. The van der Waals surface area contributed by atoms with E-state index in [1.165, 1.54) is 0 Å². The van der Waals surface area contributed by atoms with E-state index in [0.29, 0.717) is 17.7 Å². The molecular formula is C29H34N4O3. The highest BCUT2D eigenvalue weighted by Crippen LogP contribution is 2.53. The van der Waals surface area contributed by atoms with Crippen LogP contribution in [0.2, 0.25) is 0 Å². The highest BCUT2D eigenvalue weighted by atomic mass is 16.4. The minimum atomic E-state index is -1.47. The van der Waals surface area contributed by atoms with E-state index in [2.05, 4.69) is 35.7 Å². The van der Waals surface area contributed by atoms with Crippen molar-refractivity contribution in [3.63, 3.8) is 0 Å². The topological polar surface area (TPSA) is 96.3 Å². The molecule has 1 N–H and O–H groups in total. The second-order valence-electron chi connectivity index (χ2n) is 11.1. The van der Waals surface area contributed by atoms with Gasteiger partial charge in [-0.25, -0.2) is 4.79 Å². The fourth-order valence-corrected chi connectivity index (χ4v) is 5.53. The predicted molar refractivity (Wildman–Crippen MR) is 138 cm³/mol. The summed E-state index contributed by atoms with van der Waals surface area (Å²) >= 11 is 0. The average Bonchev–Trinajstić information content (AvgIpc) is 3.19. The number of pyridine rings is 1. The van der Waals surface area contributed by atoms with Crippen molar-refractivity contribution in [2.24, 2.45) is 5.92 Å². The van der Waals surface area contributed by atoms with Crippen LogP contribution in [0.5, 0.6) is 0 Å². The number of rotatable bonds is 6. The molecule has 0 saturated carbocycles. The summed E-state index contributed by atoms with van der Waals surface area (Å²) in [5.74, 6) is -2.18. The minimum Gasteiger partial charge on any atom is -0.479 e. The van der Waals surface area contributed by atoms with E-state index >= 15 is 0 Å². The Kier molecular flexibility index (Phi) is 6.94. The Labute approximate surface area is 212 Å². The first kappa shape index (κ1) is 25.5. The van der Waals surface area contributed by atoms with Gasteiger partial charge in [-0.15, -0.1) is 0 Å². The Bertz CT molecular complexity index is 1210. The van der Waals surface area contributed by atoms with Gasteiger partial charge in [0.2, 0.25) is 0 Å². The molecule has 0 bridgehead atoms. The zero-order chi connectivity index (χ0) is 26.1. The van der Waals surface area contributed by atoms with Crippen molar-refractivity contribution in [1.82, 2.24) is 19.9 Å². The third-order valence-electron chi connectivity index (χ3n) is 7.12. The Morgan fingerprint density at radius 1 is 1.06 bits per heavy atom. The standard InChI is InChI=1S/C29H34N4O3/c1-19(2)15-29(27(35)36)25(21-7-6-12-30-16-21)23(24-17-31-13-14-32-24)18-33(29)26(34)20-8-10-22(11-9-20)28(3,4)5/h6-14,16-17,19,23,25H,15,18H2,1-5H3,(H,35,36)/t23-,25?,29-/m0/s1. The second-order valence-corrected chi connectivity index (χ2v) is 11.1. The molecule has 0 aliphatic carbocycles. The summed E-state index contributed by atoms with van der Waals surface area (Å²) in [6, 6.07) is 11.2. The van der Waals surface area contributed by atoms with E-state index in [9.17, 15) is 14.7 Å². The summed E-state index contributed by atoms with van der Waals surface area (Å²) in [5, 5.41) is 10.9. The molecule has 7 nitrogen and oxygen atoms in total. The first-order chi connectivity index (χ1) is 17.1. The van der Waals surface area contributed by atoms with Crippen LogP contribution in [0.15, 0.2) is 67.4 Å². The highest BCUT2D eigenvalue weighted by Gasteiger charge is 2.61. The second kappa shape index (κ2) is 9.80. The van der Waals surface area contributed by atoms with Gasteiger partial charge in [0.25, 0.3) is 5.91 Å². The lowest BCUT2D eigenvalue weighted by Gasteiger charge is -2.40. The molecule has 3 atom stereocenters. The predicted octanol–water partition coefficient (Wildman–Crippen LogP) is 5.06. The summed E-state index contributed by atoms with van der Waals surface area (Å²) < 4.78 is 0. The number of amides is 1. The monoisotopic (exact) mass is 486 g/mol. The zero-order valence-corrected chi connectivity index (χ0v) is 21.5. The number of carboxylic acid groups (broad SMARTS) is 1. The van der Waals surface area contributed by atoms with Crippen LogP contribution in [0.25, 0.3) is 0 Å². The van der Waals surface area contributed by atoms with E-state index in [1.807, 2.05) is 32.0 Å². The summed E-state index contributed by atoms with van der Waals surface area (Å²) in [6.07, 6.45) is 8.54. The maximum Gasteiger partial charge on any atom is 0.330 e. The molecule has 1 aromatic carbocycles. The van der Waals surface area contributed by atoms with E-state index in [-0.39, 0.29) is 29.7 Å². The quantitative estimate of drug-likeness (QED) is 0.523. The molecule has 36 heavy (non-hydrogen) atoms. The molecule has 1 unspecified atom stereocenters. The van der Waals surface area contributed by atoms with E-state index in [1.54, 1.807) is 54.1 Å². The number of carbonyl (C=O) groups is 2. The maximum atomic E-state index is 14.1. The van der Waals surface area contributed by atoms with Gasteiger partial charge in [0, 0.05) is 54.9 Å².